The number of carboxylic acids is 1. The number of hydrogen-bond acceptors (Lipinski definition) is 5. The van der Waals surface area contributed by atoms with Crippen molar-refractivity contribution >= 4 is 11.9 Å². The molecule has 0 saturated carbocycles. The topological polar surface area (TPSA) is 105 Å². The van der Waals surface area contributed by atoms with Crippen molar-refractivity contribution in [2.24, 2.45) is 0 Å². The van der Waals surface area contributed by atoms with Gasteiger partial charge in [0.2, 0.25) is 11.8 Å². The maximum absolute atomic E-state index is 12.0. The van der Waals surface area contributed by atoms with Crippen molar-refractivity contribution in [1.82, 2.24) is 15.5 Å². The molecule has 0 aliphatic heterocycles. The largest absolute Gasteiger partial charge is 0.479 e. The van der Waals surface area contributed by atoms with Crippen molar-refractivity contribution in [2.45, 2.75) is 51.5 Å². The molecule has 1 heterocycles. The number of nitrogens with zero attached hydrogens (tertiary/aromatic N) is 2. The third kappa shape index (κ3) is 5.41. The Labute approximate surface area is 146 Å². The molecule has 0 aliphatic carbocycles. The Morgan fingerprint density at radius 1 is 1.24 bits per heavy atom. The molecule has 1 aromatic heterocycles. The molecule has 0 bridgehead atoms. The highest BCUT2D eigenvalue weighted by molar-refractivity contribution is 5.84. The van der Waals surface area contributed by atoms with Gasteiger partial charge >= 0.3 is 5.97 Å². The predicted octanol–water partition coefficient (Wildman–Crippen LogP) is 2.63. The van der Waals surface area contributed by atoms with Crippen LogP contribution in [0, 0.1) is 0 Å². The van der Waals surface area contributed by atoms with E-state index >= 15 is 0 Å². The van der Waals surface area contributed by atoms with Gasteiger partial charge in [-0.2, -0.15) is 4.98 Å². The zero-order valence-electron chi connectivity index (χ0n) is 14.7. The summed E-state index contributed by atoms with van der Waals surface area (Å²) >= 11 is 0. The van der Waals surface area contributed by atoms with Crippen molar-refractivity contribution in [3.05, 3.63) is 47.6 Å². The molecule has 25 heavy (non-hydrogen) atoms. The van der Waals surface area contributed by atoms with E-state index in [1.807, 2.05) is 20.8 Å². The molecule has 1 amide bonds. The predicted molar refractivity (Wildman–Crippen MR) is 90.9 cm³/mol. The van der Waals surface area contributed by atoms with E-state index in [-0.39, 0.29) is 17.7 Å². The lowest BCUT2D eigenvalue weighted by Gasteiger charge is -2.14. The summed E-state index contributed by atoms with van der Waals surface area (Å²) in [4.78, 5) is 27.7. The van der Waals surface area contributed by atoms with Crippen molar-refractivity contribution in [2.75, 3.05) is 0 Å². The van der Waals surface area contributed by atoms with E-state index in [4.69, 9.17) is 4.52 Å². The van der Waals surface area contributed by atoms with Gasteiger partial charge < -0.3 is 14.9 Å². The van der Waals surface area contributed by atoms with Gasteiger partial charge in [-0.25, -0.2) is 4.79 Å². The number of aliphatic carboxylic acids is 1. The fourth-order valence-electron chi connectivity index (χ4n) is 2.23. The van der Waals surface area contributed by atoms with Gasteiger partial charge in [-0.3, -0.25) is 4.79 Å². The molecule has 1 atom stereocenters. The second-order valence-corrected chi connectivity index (χ2v) is 6.86. The Bertz CT molecular complexity index is 719. The standard InChI is InChI=1S/C18H23N3O4/c1-18(2,3)17-20-14(25-21-17)11-7-10-13(22)19-15(16(23)24)12-8-5-4-6-9-12/h4-6,8-9,15H,7,10-11H2,1-3H3,(H,19,22)(H,23,24)/t15-/m1/s1. The first kappa shape index (κ1) is 18.6. The molecule has 7 heteroatoms. The second kappa shape index (κ2) is 7.92. The zero-order valence-corrected chi connectivity index (χ0v) is 14.7. The first-order chi connectivity index (χ1) is 11.8. The van der Waals surface area contributed by atoms with Crippen LogP contribution in [0.15, 0.2) is 34.9 Å². The first-order valence-corrected chi connectivity index (χ1v) is 8.17. The maximum atomic E-state index is 12.0. The highest BCUT2D eigenvalue weighted by Gasteiger charge is 2.22. The molecule has 2 N–H and O–H groups in total. The number of aromatic nitrogens is 2. The lowest BCUT2D eigenvalue weighted by Crippen LogP contribution is -2.33. The van der Waals surface area contributed by atoms with Crippen LogP contribution in [0.2, 0.25) is 0 Å². The van der Waals surface area contributed by atoms with Crippen LogP contribution < -0.4 is 5.32 Å². The van der Waals surface area contributed by atoms with Crippen molar-refractivity contribution < 1.29 is 19.2 Å². The van der Waals surface area contributed by atoms with Crippen LogP contribution in [0.3, 0.4) is 0 Å². The van der Waals surface area contributed by atoms with Crippen LogP contribution in [0.1, 0.15) is 56.9 Å². The molecule has 1 aromatic carbocycles. The van der Waals surface area contributed by atoms with Gasteiger partial charge in [0.1, 0.15) is 0 Å². The summed E-state index contributed by atoms with van der Waals surface area (Å²) in [5, 5.41) is 15.8. The minimum atomic E-state index is -1.09. The zero-order chi connectivity index (χ0) is 18.4. The Morgan fingerprint density at radius 2 is 1.92 bits per heavy atom. The number of amides is 1. The fourth-order valence-corrected chi connectivity index (χ4v) is 2.23. The number of benzene rings is 1. The van der Waals surface area contributed by atoms with Gasteiger partial charge in [-0.1, -0.05) is 56.3 Å². The maximum Gasteiger partial charge on any atom is 0.330 e. The average Bonchev–Trinajstić information content (AvgIpc) is 3.02. The quantitative estimate of drug-likeness (QED) is 0.799. The second-order valence-electron chi connectivity index (χ2n) is 6.86. The normalized spacial score (nSPS) is 12.6. The highest BCUT2D eigenvalue weighted by atomic mass is 16.5. The Hall–Kier alpha value is -2.70. The lowest BCUT2D eigenvalue weighted by atomic mass is 9.96. The van der Waals surface area contributed by atoms with E-state index in [9.17, 15) is 14.7 Å². The average molecular weight is 345 g/mol. The van der Waals surface area contributed by atoms with Crippen LogP contribution in [-0.4, -0.2) is 27.1 Å². The number of carbonyl (C=O) groups excluding carboxylic acids is 1. The fraction of sp³-hybridized carbons (Fsp3) is 0.444. The van der Waals surface area contributed by atoms with E-state index in [0.29, 0.717) is 30.1 Å². The van der Waals surface area contributed by atoms with Gasteiger partial charge in [0.15, 0.2) is 11.9 Å². The summed E-state index contributed by atoms with van der Waals surface area (Å²) in [6.07, 6.45) is 1.15. The molecule has 0 aliphatic rings. The molecule has 0 saturated heterocycles. The van der Waals surface area contributed by atoms with E-state index in [1.54, 1.807) is 30.3 Å². The van der Waals surface area contributed by atoms with E-state index in [1.165, 1.54) is 0 Å². The Morgan fingerprint density at radius 3 is 2.48 bits per heavy atom. The smallest absolute Gasteiger partial charge is 0.330 e. The van der Waals surface area contributed by atoms with Gasteiger partial charge in [-0.05, 0) is 12.0 Å². The van der Waals surface area contributed by atoms with Gasteiger partial charge in [0.25, 0.3) is 0 Å². The van der Waals surface area contributed by atoms with Crippen molar-refractivity contribution in [1.29, 1.82) is 0 Å². The number of carboxylic acid groups (broad SMARTS) is 1. The molecule has 2 rings (SSSR count). The van der Waals surface area contributed by atoms with Crippen LogP contribution in [0.5, 0.6) is 0 Å². The monoisotopic (exact) mass is 345 g/mol. The molecule has 0 fully saturated rings. The molecule has 0 radical (unpaired) electrons. The SMILES string of the molecule is CC(C)(C)c1noc(CCCC(=O)N[C@@H](C(=O)O)c2ccccc2)n1. The highest BCUT2D eigenvalue weighted by Crippen LogP contribution is 2.19. The molecule has 134 valence electrons. The van der Waals surface area contributed by atoms with Crippen LogP contribution in [0.25, 0.3) is 0 Å². The summed E-state index contributed by atoms with van der Waals surface area (Å²) in [5.41, 5.74) is 0.346. The molecule has 7 nitrogen and oxygen atoms in total. The molecule has 2 aromatic rings. The lowest BCUT2D eigenvalue weighted by molar-refractivity contribution is -0.142. The van der Waals surface area contributed by atoms with Crippen LogP contribution in [0.4, 0.5) is 0 Å². The summed E-state index contributed by atoms with van der Waals surface area (Å²) < 4.78 is 5.17. The minimum Gasteiger partial charge on any atom is -0.479 e. The van der Waals surface area contributed by atoms with E-state index < -0.39 is 12.0 Å². The number of aryl methyl sites for hydroxylation is 1. The number of carbonyl (C=O) groups is 2. The Balaban J connectivity index is 1.85. The summed E-state index contributed by atoms with van der Waals surface area (Å²) in [5.74, 6) is -0.310. The van der Waals surface area contributed by atoms with Crippen LogP contribution in [-0.2, 0) is 21.4 Å². The van der Waals surface area contributed by atoms with Gasteiger partial charge in [0.05, 0.1) is 0 Å². The number of hydrogen-bond donors (Lipinski definition) is 2. The van der Waals surface area contributed by atoms with Crippen molar-refractivity contribution in [3.63, 3.8) is 0 Å². The summed E-state index contributed by atoms with van der Waals surface area (Å²) in [6.45, 7) is 5.97. The molecular formula is C18H23N3O4. The molecule has 0 spiro atoms. The van der Waals surface area contributed by atoms with Gasteiger partial charge in [0, 0.05) is 18.3 Å². The third-order valence-corrected chi connectivity index (χ3v) is 3.62. The van der Waals surface area contributed by atoms with Gasteiger partial charge in [-0.15, -0.1) is 0 Å². The van der Waals surface area contributed by atoms with E-state index in [2.05, 4.69) is 15.5 Å². The number of nitrogens with one attached hydrogen (secondary N) is 1. The third-order valence-electron chi connectivity index (χ3n) is 3.62. The van der Waals surface area contributed by atoms with Crippen molar-refractivity contribution in [3.8, 4) is 0 Å². The Kier molecular flexibility index (Phi) is 5.90. The summed E-state index contributed by atoms with van der Waals surface area (Å²) in [7, 11) is 0. The minimum absolute atomic E-state index is 0.184. The summed E-state index contributed by atoms with van der Waals surface area (Å²) in [6, 6.07) is 7.56. The molecular weight excluding hydrogens is 322 g/mol. The van der Waals surface area contributed by atoms with Crippen LogP contribution >= 0.6 is 0 Å². The first-order valence-electron chi connectivity index (χ1n) is 8.17. The van der Waals surface area contributed by atoms with E-state index in [0.717, 1.165) is 0 Å². The number of rotatable bonds is 7. The molecule has 0 unspecified atom stereocenters.